The molecule has 0 aromatic heterocycles. The maximum atomic E-state index is 12.2. The third-order valence-corrected chi connectivity index (χ3v) is 6.40. The first kappa shape index (κ1) is 35.3. The Labute approximate surface area is 227 Å². The van der Waals surface area contributed by atoms with Crippen LogP contribution in [0.3, 0.4) is 0 Å². The number of hydrogen-bond acceptors (Lipinski definition) is 4. The smallest absolute Gasteiger partial charge is 0.249 e. The molecule has 0 bridgehead atoms. The number of aliphatic hydroxyl groups is 3. The lowest BCUT2D eigenvalue weighted by molar-refractivity contribution is -0.131. The monoisotopic (exact) mass is 519 g/mol. The van der Waals surface area contributed by atoms with E-state index in [9.17, 15) is 20.1 Å². The predicted octanol–water partition coefficient (Wildman–Crippen LogP) is 7.08. The van der Waals surface area contributed by atoms with Crippen molar-refractivity contribution in [2.75, 3.05) is 6.61 Å². The number of carbonyl (C=O) groups is 1. The number of aliphatic hydroxyl groups excluding tert-OH is 3. The molecular weight excluding hydrogens is 462 g/mol. The van der Waals surface area contributed by atoms with Gasteiger partial charge in [-0.25, -0.2) is 0 Å². The van der Waals surface area contributed by atoms with Gasteiger partial charge in [-0.2, -0.15) is 0 Å². The normalized spacial score (nSPS) is 14.8. The Kier molecular flexibility index (Phi) is 26.1. The van der Waals surface area contributed by atoms with E-state index in [0.717, 1.165) is 32.1 Å². The highest BCUT2D eigenvalue weighted by molar-refractivity contribution is 5.81. The lowest BCUT2D eigenvalue weighted by Crippen LogP contribution is -2.48. The van der Waals surface area contributed by atoms with Crippen molar-refractivity contribution in [2.45, 2.75) is 141 Å². The molecule has 0 rings (SSSR count). The van der Waals surface area contributed by atoms with Gasteiger partial charge in [0.25, 0.3) is 0 Å². The minimum Gasteiger partial charge on any atom is -0.394 e. The van der Waals surface area contributed by atoms with Gasteiger partial charge in [-0.3, -0.25) is 4.79 Å². The van der Waals surface area contributed by atoms with Crippen LogP contribution >= 0.6 is 0 Å². The Balaban J connectivity index is 4.04. The fraction of sp³-hybridized carbons (Fsp3) is 0.719. The van der Waals surface area contributed by atoms with Gasteiger partial charge in [0.1, 0.15) is 6.10 Å². The van der Waals surface area contributed by atoms with Crippen LogP contribution in [0.15, 0.2) is 48.6 Å². The van der Waals surface area contributed by atoms with E-state index in [4.69, 9.17) is 0 Å². The summed E-state index contributed by atoms with van der Waals surface area (Å²) < 4.78 is 0. The van der Waals surface area contributed by atoms with Gasteiger partial charge in [-0.15, -0.1) is 0 Å². The number of nitrogens with one attached hydrogen (secondary N) is 1. The van der Waals surface area contributed by atoms with Crippen molar-refractivity contribution in [2.24, 2.45) is 0 Å². The van der Waals surface area contributed by atoms with Crippen molar-refractivity contribution in [3.63, 3.8) is 0 Å². The van der Waals surface area contributed by atoms with Crippen molar-refractivity contribution in [1.82, 2.24) is 5.32 Å². The molecule has 5 nitrogen and oxygen atoms in total. The molecule has 3 unspecified atom stereocenters. The fourth-order valence-corrected chi connectivity index (χ4v) is 3.95. The molecule has 5 heteroatoms. The molecule has 0 aliphatic heterocycles. The average molecular weight is 520 g/mol. The fourth-order valence-electron chi connectivity index (χ4n) is 3.95. The van der Waals surface area contributed by atoms with Gasteiger partial charge < -0.3 is 20.6 Å². The zero-order chi connectivity index (χ0) is 27.4. The lowest BCUT2D eigenvalue weighted by atomic mass is 10.1. The van der Waals surface area contributed by atoms with Crippen molar-refractivity contribution < 1.29 is 20.1 Å². The van der Waals surface area contributed by atoms with Gasteiger partial charge in [0, 0.05) is 6.42 Å². The van der Waals surface area contributed by atoms with Crippen molar-refractivity contribution in [3.8, 4) is 0 Å². The summed E-state index contributed by atoms with van der Waals surface area (Å²) in [6.45, 7) is 4.05. The maximum absolute atomic E-state index is 12.2. The van der Waals surface area contributed by atoms with E-state index in [1.165, 1.54) is 70.6 Å². The largest absolute Gasteiger partial charge is 0.394 e. The van der Waals surface area contributed by atoms with Crippen LogP contribution < -0.4 is 5.32 Å². The van der Waals surface area contributed by atoms with Gasteiger partial charge >= 0.3 is 0 Å². The molecule has 214 valence electrons. The van der Waals surface area contributed by atoms with Gasteiger partial charge in [-0.1, -0.05) is 120 Å². The van der Waals surface area contributed by atoms with E-state index in [2.05, 4.69) is 43.5 Å². The van der Waals surface area contributed by atoms with Crippen LogP contribution in [0.5, 0.6) is 0 Å². The molecule has 0 aliphatic carbocycles. The summed E-state index contributed by atoms with van der Waals surface area (Å²) in [7, 11) is 0. The topological polar surface area (TPSA) is 89.8 Å². The summed E-state index contributed by atoms with van der Waals surface area (Å²) in [5, 5.41) is 32.5. The lowest BCUT2D eigenvalue weighted by Gasteiger charge is -2.21. The molecule has 0 aromatic rings. The second-order valence-corrected chi connectivity index (χ2v) is 9.95. The van der Waals surface area contributed by atoms with Crippen molar-refractivity contribution in [1.29, 1.82) is 0 Å². The van der Waals surface area contributed by atoms with Crippen LogP contribution in [-0.4, -0.2) is 46.1 Å². The molecule has 37 heavy (non-hydrogen) atoms. The summed E-state index contributed by atoms with van der Waals surface area (Å²) in [6, 6.07) is -0.842. The molecule has 0 heterocycles. The number of rotatable bonds is 25. The molecule has 0 aromatic carbocycles. The molecule has 0 radical (unpaired) electrons. The molecule has 0 saturated heterocycles. The third-order valence-electron chi connectivity index (χ3n) is 6.40. The number of carbonyl (C=O) groups excluding carboxylic acids is 1. The highest BCUT2D eigenvalue weighted by atomic mass is 16.3. The molecule has 0 fully saturated rings. The molecule has 1 amide bonds. The first-order valence-electron chi connectivity index (χ1n) is 15.0. The van der Waals surface area contributed by atoms with Gasteiger partial charge in [-0.05, 0) is 44.9 Å². The Hall–Kier alpha value is -1.69. The highest BCUT2D eigenvalue weighted by Crippen LogP contribution is 2.08. The summed E-state index contributed by atoms with van der Waals surface area (Å²) in [5.74, 6) is -0.586. The minimum atomic E-state index is -1.21. The van der Waals surface area contributed by atoms with Crippen LogP contribution in [0.1, 0.15) is 123 Å². The van der Waals surface area contributed by atoms with E-state index >= 15 is 0 Å². The van der Waals surface area contributed by atoms with Crippen molar-refractivity contribution in [3.05, 3.63) is 48.6 Å². The Bertz CT molecular complexity index is 626. The van der Waals surface area contributed by atoms with Crippen LogP contribution in [0.4, 0.5) is 0 Å². The molecule has 0 spiro atoms. The van der Waals surface area contributed by atoms with Gasteiger partial charge in [0.2, 0.25) is 5.91 Å². The quantitative estimate of drug-likeness (QED) is 0.0766. The first-order valence-corrected chi connectivity index (χ1v) is 15.0. The molecule has 4 N–H and O–H groups in total. The minimum absolute atomic E-state index is 0.201. The predicted molar refractivity (Wildman–Crippen MR) is 157 cm³/mol. The van der Waals surface area contributed by atoms with Crippen LogP contribution in [0.25, 0.3) is 0 Å². The summed E-state index contributed by atoms with van der Waals surface area (Å²) in [5.41, 5.74) is 0. The first-order chi connectivity index (χ1) is 18.1. The summed E-state index contributed by atoms with van der Waals surface area (Å²) in [6.07, 6.45) is 32.8. The van der Waals surface area contributed by atoms with Crippen LogP contribution in [0.2, 0.25) is 0 Å². The second kappa shape index (κ2) is 27.3. The number of amides is 1. The summed E-state index contributed by atoms with van der Waals surface area (Å²) >= 11 is 0. The summed E-state index contributed by atoms with van der Waals surface area (Å²) in [4.78, 5) is 12.2. The molecule has 0 saturated carbocycles. The number of allylic oxidation sites excluding steroid dienone is 6. The van der Waals surface area contributed by atoms with Crippen LogP contribution in [0, 0.1) is 0 Å². The number of unbranched alkanes of at least 4 members (excludes halogenated alkanes) is 12. The molecule has 3 atom stereocenters. The van der Waals surface area contributed by atoms with Gasteiger partial charge in [0.05, 0.1) is 18.8 Å². The zero-order valence-electron chi connectivity index (χ0n) is 23.8. The van der Waals surface area contributed by atoms with E-state index in [1.807, 2.05) is 12.2 Å². The SMILES string of the molecule is CCCCCCC/C=C/CC/C=C/C(O)C(CO)NC(=O)C(O)C/C=C\C/C=C\CCCCCCCC. The Morgan fingerprint density at radius 3 is 1.81 bits per heavy atom. The highest BCUT2D eigenvalue weighted by Gasteiger charge is 2.22. The van der Waals surface area contributed by atoms with Crippen molar-refractivity contribution >= 4 is 5.91 Å². The Morgan fingerprint density at radius 1 is 0.676 bits per heavy atom. The molecule has 0 aliphatic rings. The van der Waals surface area contributed by atoms with E-state index in [-0.39, 0.29) is 6.42 Å². The van der Waals surface area contributed by atoms with E-state index < -0.39 is 30.8 Å². The van der Waals surface area contributed by atoms with Crippen LogP contribution in [-0.2, 0) is 4.79 Å². The third kappa shape index (κ3) is 23.2. The molecular formula is C32H57NO4. The number of hydrogen-bond donors (Lipinski definition) is 4. The average Bonchev–Trinajstić information content (AvgIpc) is 2.90. The van der Waals surface area contributed by atoms with E-state index in [1.54, 1.807) is 12.2 Å². The van der Waals surface area contributed by atoms with Gasteiger partial charge in [0.15, 0.2) is 0 Å². The standard InChI is InChI=1S/C32H57NO4/c1-3-5-7-9-11-13-15-17-19-21-23-25-27-31(36)32(37)33-29(28-34)30(35)26-24-22-20-18-16-14-12-10-8-6-4-2/h16-19,23-26,29-31,34-36H,3-15,20-22,27-28H2,1-2H3,(H,33,37)/b18-16+,19-17-,25-23-,26-24+. The second-order valence-electron chi connectivity index (χ2n) is 9.95. The Morgan fingerprint density at radius 2 is 1.19 bits per heavy atom. The maximum Gasteiger partial charge on any atom is 0.249 e. The van der Waals surface area contributed by atoms with E-state index in [0.29, 0.717) is 0 Å². The zero-order valence-corrected chi connectivity index (χ0v) is 23.8.